The van der Waals surface area contributed by atoms with Crippen molar-refractivity contribution in [3.63, 3.8) is 0 Å². The fourth-order valence-corrected chi connectivity index (χ4v) is 2.17. The molecule has 1 heterocycles. The van der Waals surface area contributed by atoms with Crippen LogP contribution in [-0.2, 0) is 16.4 Å². The first-order valence-electron chi connectivity index (χ1n) is 6.31. The fraction of sp³-hybridized carbons (Fsp3) is 0.333. The summed E-state index contributed by atoms with van der Waals surface area (Å²) in [6.07, 6.45) is 0.667. The topological polar surface area (TPSA) is 137 Å². The molecule has 8 nitrogen and oxygen atoms in total. The van der Waals surface area contributed by atoms with Crippen molar-refractivity contribution in [3.05, 3.63) is 35.7 Å². The Morgan fingerprint density at radius 1 is 1.29 bits per heavy atom. The Kier molecular flexibility index (Phi) is 4.56. The van der Waals surface area contributed by atoms with Gasteiger partial charge in [-0.15, -0.1) is 5.10 Å². The number of hydrogen-bond acceptors (Lipinski definition) is 7. The monoisotopic (exact) mass is 311 g/mol. The van der Waals surface area contributed by atoms with Crippen LogP contribution < -0.4 is 16.2 Å². The molecule has 9 heteroatoms. The molecule has 0 aliphatic heterocycles. The summed E-state index contributed by atoms with van der Waals surface area (Å²) in [7, 11) is -3.65. The van der Waals surface area contributed by atoms with Gasteiger partial charge < -0.3 is 15.5 Å². The Labute approximate surface area is 122 Å². The number of nitrogens with two attached hydrogens (primary N) is 2. The lowest BCUT2D eigenvalue weighted by molar-refractivity contribution is 0.473. The number of rotatable bonds is 6. The van der Waals surface area contributed by atoms with E-state index >= 15 is 0 Å². The number of hydrogen-bond donors (Lipinski definition) is 3. The average Bonchev–Trinajstić information content (AvgIpc) is 2.87. The summed E-state index contributed by atoms with van der Waals surface area (Å²) in [6.45, 7) is 2.32. The van der Waals surface area contributed by atoms with E-state index in [9.17, 15) is 8.42 Å². The fourth-order valence-electron chi connectivity index (χ4n) is 1.65. The van der Waals surface area contributed by atoms with E-state index in [0.717, 1.165) is 5.56 Å². The number of benzene rings is 1. The van der Waals surface area contributed by atoms with Crippen LogP contribution in [0.2, 0.25) is 0 Å². The van der Waals surface area contributed by atoms with E-state index in [1.165, 1.54) is 12.1 Å². The van der Waals surface area contributed by atoms with Gasteiger partial charge in [-0.1, -0.05) is 17.2 Å². The maximum absolute atomic E-state index is 11.1. The number of anilines is 1. The summed E-state index contributed by atoms with van der Waals surface area (Å²) in [5, 5.41) is 15.6. The largest absolute Gasteiger partial charge is 0.406 e. The van der Waals surface area contributed by atoms with E-state index in [4.69, 9.17) is 15.3 Å². The maximum Gasteiger partial charge on any atom is 0.315 e. The Balaban J connectivity index is 1.88. The number of sulfonamides is 1. The second-order valence-corrected chi connectivity index (χ2v) is 6.16. The van der Waals surface area contributed by atoms with Crippen molar-refractivity contribution < 1.29 is 12.8 Å². The van der Waals surface area contributed by atoms with Crippen LogP contribution >= 0.6 is 0 Å². The van der Waals surface area contributed by atoms with Gasteiger partial charge in [0.1, 0.15) is 0 Å². The van der Waals surface area contributed by atoms with Gasteiger partial charge in [0.15, 0.2) is 0 Å². The van der Waals surface area contributed by atoms with Crippen LogP contribution in [0, 0.1) is 0 Å². The smallest absolute Gasteiger partial charge is 0.315 e. The molecule has 0 aliphatic carbocycles. The van der Waals surface area contributed by atoms with Gasteiger partial charge in [0.2, 0.25) is 15.9 Å². The molecule has 1 aromatic carbocycles. The molecule has 0 aliphatic rings. The Morgan fingerprint density at radius 3 is 2.48 bits per heavy atom. The number of nitrogens with one attached hydrogen (secondary N) is 1. The molecule has 1 aromatic heterocycles. The molecule has 1 atom stereocenters. The quantitative estimate of drug-likeness (QED) is 0.701. The average molecular weight is 311 g/mol. The molecule has 0 saturated heterocycles. The maximum atomic E-state index is 11.1. The van der Waals surface area contributed by atoms with Crippen LogP contribution in [-0.4, -0.2) is 25.2 Å². The van der Waals surface area contributed by atoms with Gasteiger partial charge in [-0.2, -0.15) is 0 Å². The summed E-state index contributed by atoms with van der Waals surface area (Å²) in [5.41, 5.74) is 6.57. The van der Waals surface area contributed by atoms with Crippen molar-refractivity contribution in [2.75, 3.05) is 11.9 Å². The standard InChI is InChI=1S/C12H17N5O3S/c1-8(13)11-16-17-12(20-11)15-7-6-9-2-4-10(5-3-9)21(14,18)19/h2-5,8H,6-7,13H2,1H3,(H,15,17)(H2,14,18,19). The van der Waals surface area contributed by atoms with Crippen LogP contribution in [0.15, 0.2) is 33.6 Å². The number of aromatic nitrogens is 2. The van der Waals surface area contributed by atoms with Crippen molar-refractivity contribution in [2.45, 2.75) is 24.3 Å². The van der Waals surface area contributed by atoms with Gasteiger partial charge in [-0.25, -0.2) is 13.6 Å². The molecule has 0 radical (unpaired) electrons. The van der Waals surface area contributed by atoms with Gasteiger partial charge >= 0.3 is 6.01 Å². The Morgan fingerprint density at radius 2 is 1.95 bits per heavy atom. The lowest BCUT2D eigenvalue weighted by Gasteiger charge is -2.03. The molecule has 0 amide bonds. The van der Waals surface area contributed by atoms with E-state index in [0.29, 0.717) is 24.9 Å². The molecule has 2 rings (SSSR count). The van der Waals surface area contributed by atoms with Crippen molar-refractivity contribution in [3.8, 4) is 0 Å². The van der Waals surface area contributed by atoms with Crippen molar-refractivity contribution in [1.29, 1.82) is 0 Å². The molecule has 0 spiro atoms. The molecular formula is C12H17N5O3S. The highest BCUT2D eigenvalue weighted by atomic mass is 32.2. The van der Waals surface area contributed by atoms with Gasteiger partial charge in [0, 0.05) is 6.54 Å². The predicted molar refractivity (Wildman–Crippen MR) is 76.9 cm³/mol. The van der Waals surface area contributed by atoms with E-state index in [1.54, 1.807) is 19.1 Å². The highest BCUT2D eigenvalue weighted by molar-refractivity contribution is 7.89. The zero-order valence-corrected chi connectivity index (χ0v) is 12.3. The second-order valence-electron chi connectivity index (χ2n) is 4.60. The van der Waals surface area contributed by atoms with Crippen LogP contribution in [0.1, 0.15) is 24.4 Å². The minimum absolute atomic E-state index is 0.0951. The minimum Gasteiger partial charge on any atom is -0.406 e. The molecule has 0 saturated carbocycles. The number of primary sulfonamides is 1. The van der Waals surface area contributed by atoms with Gasteiger partial charge in [-0.05, 0) is 31.0 Å². The van der Waals surface area contributed by atoms with Crippen LogP contribution in [0.4, 0.5) is 6.01 Å². The lowest BCUT2D eigenvalue weighted by atomic mass is 10.1. The van der Waals surface area contributed by atoms with E-state index in [1.807, 2.05) is 0 Å². The van der Waals surface area contributed by atoms with Crippen molar-refractivity contribution >= 4 is 16.0 Å². The Bertz CT molecular complexity index is 694. The zero-order valence-electron chi connectivity index (χ0n) is 11.5. The Hall–Kier alpha value is -1.97. The highest BCUT2D eigenvalue weighted by Gasteiger charge is 2.09. The van der Waals surface area contributed by atoms with E-state index in [2.05, 4.69) is 15.5 Å². The molecule has 1 unspecified atom stereocenters. The summed E-state index contributed by atoms with van der Waals surface area (Å²) in [6, 6.07) is 6.38. The zero-order chi connectivity index (χ0) is 15.5. The number of nitrogens with zero attached hydrogens (tertiary/aromatic N) is 2. The molecule has 114 valence electrons. The van der Waals surface area contributed by atoms with Crippen LogP contribution in [0.3, 0.4) is 0 Å². The molecule has 0 bridgehead atoms. The lowest BCUT2D eigenvalue weighted by Crippen LogP contribution is -2.12. The molecular weight excluding hydrogens is 294 g/mol. The van der Waals surface area contributed by atoms with Gasteiger partial charge in [0.05, 0.1) is 10.9 Å². The first-order chi connectivity index (χ1) is 9.86. The summed E-state index contributed by atoms with van der Waals surface area (Å²) >= 11 is 0. The van der Waals surface area contributed by atoms with Gasteiger partial charge in [0.25, 0.3) is 0 Å². The van der Waals surface area contributed by atoms with Crippen LogP contribution in [0.25, 0.3) is 0 Å². The minimum atomic E-state index is -3.65. The van der Waals surface area contributed by atoms with E-state index in [-0.39, 0.29) is 10.9 Å². The van der Waals surface area contributed by atoms with E-state index < -0.39 is 10.0 Å². The third-order valence-corrected chi connectivity index (χ3v) is 3.70. The molecule has 5 N–H and O–H groups in total. The SMILES string of the molecule is CC(N)c1nnc(NCCc2ccc(S(N)(=O)=O)cc2)o1. The molecule has 2 aromatic rings. The second kappa shape index (κ2) is 6.20. The predicted octanol–water partition coefficient (Wildman–Crippen LogP) is 0.391. The molecule has 0 fully saturated rings. The summed E-state index contributed by atoms with van der Waals surface area (Å²) in [4.78, 5) is 0.0951. The van der Waals surface area contributed by atoms with Crippen LogP contribution in [0.5, 0.6) is 0 Å². The van der Waals surface area contributed by atoms with Crippen molar-refractivity contribution in [1.82, 2.24) is 10.2 Å². The van der Waals surface area contributed by atoms with Gasteiger partial charge in [-0.3, -0.25) is 0 Å². The first kappa shape index (κ1) is 15.4. The molecule has 21 heavy (non-hydrogen) atoms. The summed E-state index contributed by atoms with van der Waals surface area (Å²) < 4.78 is 27.5. The normalized spacial score (nSPS) is 13.1. The highest BCUT2D eigenvalue weighted by Crippen LogP contribution is 2.12. The third kappa shape index (κ3) is 4.25. The third-order valence-electron chi connectivity index (χ3n) is 2.77. The summed E-state index contributed by atoms with van der Waals surface area (Å²) in [5.74, 6) is 0.370. The van der Waals surface area contributed by atoms with Crippen molar-refractivity contribution in [2.24, 2.45) is 10.9 Å². The first-order valence-corrected chi connectivity index (χ1v) is 7.85.